The van der Waals surface area contributed by atoms with Crippen LogP contribution in [-0.2, 0) is 12.8 Å². The standard InChI is InChI=1S/C23H22O2/c1-17(24)19-10-12-20(13-11-19)21-14-15-23(25-2)22(16-21)9-8-18-6-4-3-5-7-18/h3-7,10-16H,8-9H2,1-2H3. The third-order valence-corrected chi connectivity index (χ3v) is 4.43. The van der Waals surface area contributed by atoms with E-state index in [1.807, 2.05) is 36.4 Å². The largest absolute Gasteiger partial charge is 0.496 e. The summed E-state index contributed by atoms with van der Waals surface area (Å²) >= 11 is 0. The lowest BCUT2D eigenvalue weighted by atomic mass is 9.97. The van der Waals surface area contributed by atoms with Crippen molar-refractivity contribution in [3.63, 3.8) is 0 Å². The van der Waals surface area contributed by atoms with E-state index in [0.717, 1.165) is 35.3 Å². The molecule has 0 bridgehead atoms. The van der Waals surface area contributed by atoms with Crippen molar-refractivity contribution in [1.29, 1.82) is 0 Å². The molecule has 0 radical (unpaired) electrons. The number of ether oxygens (including phenoxy) is 1. The minimum Gasteiger partial charge on any atom is -0.496 e. The molecule has 0 aliphatic heterocycles. The Morgan fingerprint density at radius 1 is 0.840 bits per heavy atom. The zero-order valence-electron chi connectivity index (χ0n) is 14.7. The van der Waals surface area contributed by atoms with Gasteiger partial charge in [-0.2, -0.15) is 0 Å². The number of carbonyl (C=O) groups excluding carboxylic acids is 1. The Morgan fingerprint density at radius 3 is 2.16 bits per heavy atom. The molecule has 0 saturated heterocycles. The Morgan fingerprint density at radius 2 is 1.52 bits per heavy atom. The van der Waals surface area contributed by atoms with Crippen LogP contribution in [0.5, 0.6) is 5.75 Å². The quantitative estimate of drug-likeness (QED) is 0.569. The van der Waals surface area contributed by atoms with Crippen LogP contribution in [0.2, 0.25) is 0 Å². The number of carbonyl (C=O) groups is 1. The Kier molecular flexibility index (Phi) is 5.30. The topological polar surface area (TPSA) is 26.3 Å². The minimum absolute atomic E-state index is 0.0878. The number of methoxy groups -OCH3 is 1. The molecule has 0 atom stereocenters. The summed E-state index contributed by atoms with van der Waals surface area (Å²) in [4.78, 5) is 11.4. The summed E-state index contributed by atoms with van der Waals surface area (Å²) in [5.74, 6) is 1.00. The first kappa shape index (κ1) is 17.0. The fraction of sp³-hybridized carbons (Fsp3) is 0.174. The zero-order chi connectivity index (χ0) is 17.6. The van der Waals surface area contributed by atoms with E-state index in [1.54, 1.807) is 14.0 Å². The van der Waals surface area contributed by atoms with E-state index >= 15 is 0 Å². The van der Waals surface area contributed by atoms with Gasteiger partial charge < -0.3 is 4.74 Å². The summed E-state index contributed by atoms with van der Waals surface area (Å²) in [5.41, 5.74) is 5.49. The van der Waals surface area contributed by atoms with E-state index in [2.05, 4.69) is 36.4 Å². The molecule has 0 unspecified atom stereocenters. The molecule has 0 N–H and O–H groups in total. The van der Waals surface area contributed by atoms with E-state index in [0.29, 0.717) is 0 Å². The maximum absolute atomic E-state index is 11.4. The molecule has 126 valence electrons. The summed E-state index contributed by atoms with van der Waals surface area (Å²) in [5, 5.41) is 0. The van der Waals surface area contributed by atoms with Gasteiger partial charge in [-0.15, -0.1) is 0 Å². The first-order valence-corrected chi connectivity index (χ1v) is 8.49. The molecule has 3 aromatic rings. The number of ketones is 1. The highest BCUT2D eigenvalue weighted by Gasteiger charge is 2.07. The lowest BCUT2D eigenvalue weighted by Gasteiger charge is -2.11. The van der Waals surface area contributed by atoms with Crippen LogP contribution >= 0.6 is 0 Å². The van der Waals surface area contributed by atoms with Gasteiger partial charge >= 0.3 is 0 Å². The van der Waals surface area contributed by atoms with Crippen molar-refractivity contribution in [2.24, 2.45) is 0 Å². The van der Waals surface area contributed by atoms with Crippen LogP contribution in [0.25, 0.3) is 11.1 Å². The first-order valence-electron chi connectivity index (χ1n) is 8.49. The SMILES string of the molecule is COc1ccc(-c2ccc(C(C)=O)cc2)cc1CCc1ccccc1. The van der Waals surface area contributed by atoms with Crippen LogP contribution in [0.3, 0.4) is 0 Å². The van der Waals surface area contributed by atoms with Crippen molar-refractivity contribution in [1.82, 2.24) is 0 Å². The van der Waals surface area contributed by atoms with Crippen LogP contribution < -0.4 is 4.74 Å². The summed E-state index contributed by atoms with van der Waals surface area (Å²) in [7, 11) is 1.71. The predicted octanol–water partition coefficient (Wildman–Crippen LogP) is 5.35. The molecule has 0 aromatic heterocycles. The number of hydrogen-bond donors (Lipinski definition) is 0. The van der Waals surface area contributed by atoms with Gasteiger partial charge in [0.05, 0.1) is 7.11 Å². The molecule has 0 aliphatic carbocycles. The number of Topliss-reactive ketones (excluding diaryl/α,β-unsaturated/α-hetero) is 1. The van der Waals surface area contributed by atoms with Crippen molar-refractivity contribution in [3.8, 4) is 16.9 Å². The third kappa shape index (κ3) is 4.16. The van der Waals surface area contributed by atoms with Gasteiger partial charge in [0.25, 0.3) is 0 Å². The normalized spacial score (nSPS) is 10.5. The fourth-order valence-electron chi connectivity index (χ4n) is 2.97. The lowest BCUT2D eigenvalue weighted by molar-refractivity contribution is 0.101. The second kappa shape index (κ2) is 7.80. The van der Waals surface area contributed by atoms with Gasteiger partial charge in [0.2, 0.25) is 0 Å². The van der Waals surface area contributed by atoms with Gasteiger partial charge in [0.15, 0.2) is 5.78 Å². The molecule has 2 heteroatoms. The summed E-state index contributed by atoms with van der Waals surface area (Å²) in [6, 6.07) is 24.5. The highest BCUT2D eigenvalue weighted by atomic mass is 16.5. The monoisotopic (exact) mass is 330 g/mol. The summed E-state index contributed by atoms with van der Waals surface area (Å²) < 4.78 is 5.53. The Bertz CT molecular complexity index is 849. The molecular weight excluding hydrogens is 308 g/mol. The van der Waals surface area contributed by atoms with Crippen LogP contribution in [0.1, 0.15) is 28.4 Å². The van der Waals surface area contributed by atoms with Gasteiger partial charge in [0.1, 0.15) is 5.75 Å². The van der Waals surface area contributed by atoms with Gasteiger partial charge in [-0.1, -0.05) is 60.7 Å². The van der Waals surface area contributed by atoms with E-state index in [4.69, 9.17) is 4.74 Å². The Hall–Kier alpha value is -2.87. The van der Waals surface area contributed by atoms with Crippen LogP contribution in [0.15, 0.2) is 72.8 Å². The first-order chi connectivity index (χ1) is 12.2. The van der Waals surface area contributed by atoms with Crippen molar-refractivity contribution >= 4 is 5.78 Å². The van der Waals surface area contributed by atoms with Gasteiger partial charge in [-0.25, -0.2) is 0 Å². The van der Waals surface area contributed by atoms with E-state index in [1.165, 1.54) is 11.1 Å². The summed E-state index contributed by atoms with van der Waals surface area (Å²) in [6.07, 6.45) is 1.90. The molecule has 2 nitrogen and oxygen atoms in total. The second-order valence-corrected chi connectivity index (χ2v) is 6.15. The molecule has 0 heterocycles. The molecule has 0 fully saturated rings. The minimum atomic E-state index is 0.0878. The maximum Gasteiger partial charge on any atom is 0.159 e. The van der Waals surface area contributed by atoms with Crippen molar-refractivity contribution in [3.05, 3.63) is 89.5 Å². The fourth-order valence-corrected chi connectivity index (χ4v) is 2.97. The molecular formula is C23H22O2. The Labute approximate surface area is 149 Å². The van der Waals surface area contributed by atoms with E-state index in [-0.39, 0.29) is 5.78 Å². The molecule has 0 spiro atoms. The van der Waals surface area contributed by atoms with Crippen molar-refractivity contribution in [2.45, 2.75) is 19.8 Å². The highest BCUT2D eigenvalue weighted by molar-refractivity contribution is 5.94. The van der Waals surface area contributed by atoms with Crippen LogP contribution in [0, 0.1) is 0 Å². The molecule has 3 aromatic carbocycles. The second-order valence-electron chi connectivity index (χ2n) is 6.15. The number of rotatable bonds is 6. The van der Waals surface area contributed by atoms with Gasteiger partial charge in [-0.3, -0.25) is 4.79 Å². The zero-order valence-corrected chi connectivity index (χ0v) is 14.7. The average molecular weight is 330 g/mol. The number of benzene rings is 3. The molecule has 3 rings (SSSR count). The molecule has 25 heavy (non-hydrogen) atoms. The Balaban J connectivity index is 1.85. The number of aryl methyl sites for hydroxylation is 2. The van der Waals surface area contributed by atoms with Gasteiger partial charge in [-0.05, 0) is 54.2 Å². The molecule has 0 amide bonds. The molecule has 0 aliphatic rings. The smallest absolute Gasteiger partial charge is 0.159 e. The summed E-state index contributed by atoms with van der Waals surface area (Å²) in [6.45, 7) is 1.59. The van der Waals surface area contributed by atoms with Crippen molar-refractivity contribution < 1.29 is 9.53 Å². The molecule has 0 saturated carbocycles. The van der Waals surface area contributed by atoms with Crippen LogP contribution in [-0.4, -0.2) is 12.9 Å². The predicted molar refractivity (Wildman–Crippen MR) is 102 cm³/mol. The average Bonchev–Trinajstić information content (AvgIpc) is 2.67. The number of hydrogen-bond acceptors (Lipinski definition) is 2. The van der Waals surface area contributed by atoms with E-state index < -0.39 is 0 Å². The van der Waals surface area contributed by atoms with Gasteiger partial charge in [0, 0.05) is 5.56 Å². The van der Waals surface area contributed by atoms with E-state index in [9.17, 15) is 4.79 Å². The van der Waals surface area contributed by atoms with Crippen LogP contribution in [0.4, 0.5) is 0 Å². The highest BCUT2D eigenvalue weighted by Crippen LogP contribution is 2.28. The maximum atomic E-state index is 11.4. The third-order valence-electron chi connectivity index (χ3n) is 4.43. The van der Waals surface area contributed by atoms with Crippen molar-refractivity contribution in [2.75, 3.05) is 7.11 Å². The lowest BCUT2D eigenvalue weighted by Crippen LogP contribution is -1.96.